The summed E-state index contributed by atoms with van der Waals surface area (Å²) in [5.74, 6) is -1.21. The second kappa shape index (κ2) is 4.72. The van der Waals surface area contributed by atoms with Crippen molar-refractivity contribution >= 4 is 16.9 Å². The molecule has 0 amide bonds. The van der Waals surface area contributed by atoms with Gasteiger partial charge in [0.1, 0.15) is 0 Å². The molecule has 3 heteroatoms. The highest BCUT2D eigenvalue weighted by molar-refractivity contribution is 5.83. The van der Waals surface area contributed by atoms with Crippen molar-refractivity contribution in [2.24, 2.45) is 0 Å². The Hall–Kier alpha value is -1.77. The SMILES string of the molecule is CC(C(=O)O)c1ccc2c(ccn2C2CCCC2)c1. The molecule has 1 fully saturated rings. The van der Waals surface area contributed by atoms with Crippen LogP contribution in [0, 0.1) is 0 Å². The van der Waals surface area contributed by atoms with Gasteiger partial charge in [-0.2, -0.15) is 0 Å². The number of carbonyl (C=O) groups is 1. The molecular weight excluding hydrogens is 238 g/mol. The first-order valence-electron chi connectivity index (χ1n) is 7.00. The molecule has 0 saturated heterocycles. The number of rotatable bonds is 3. The van der Waals surface area contributed by atoms with Crippen LogP contribution in [0.25, 0.3) is 10.9 Å². The summed E-state index contributed by atoms with van der Waals surface area (Å²) in [6, 6.07) is 8.76. The monoisotopic (exact) mass is 257 g/mol. The van der Waals surface area contributed by atoms with E-state index in [1.54, 1.807) is 6.92 Å². The Labute approximate surface area is 112 Å². The van der Waals surface area contributed by atoms with Crippen LogP contribution in [0.15, 0.2) is 30.5 Å². The van der Waals surface area contributed by atoms with Crippen molar-refractivity contribution in [1.29, 1.82) is 0 Å². The number of fused-ring (bicyclic) bond motifs is 1. The number of benzene rings is 1. The maximum Gasteiger partial charge on any atom is 0.310 e. The van der Waals surface area contributed by atoms with Crippen LogP contribution in [0.1, 0.15) is 50.1 Å². The average molecular weight is 257 g/mol. The third kappa shape index (κ3) is 2.14. The molecule has 0 bridgehead atoms. The van der Waals surface area contributed by atoms with Crippen molar-refractivity contribution in [1.82, 2.24) is 4.57 Å². The zero-order chi connectivity index (χ0) is 13.4. The molecule has 1 N–H and O–H groups in total. The summed E-state index contributed by atoms with van der Waals surface area (Å²) in [6.07, 6.45) is 7.31. The number of hydrogen-bond acceptors (Lipinski definition) is 1. The molecule has 1 aromatic carbocycles. The van der Waals surface area contributed by atoms with E-state index in [2.05, 4.69) is 22.9 Å². The second-order valence-corrected chi connectivity index (χ2v) is 5.54. The van der Waals surface area contributed by atoms with Gasteiger partial charge in [0.15, 0.2) is 0 Å². The highest BCUT2D eigenvalue weighted by Crippen LogP contribution is 2.33. The molecule has 100 valence electrons. The van der Waals surface area contributed by atoms with Crippen LogP contribution in [-0.4, -0.2) is 15.6 Å². The van der Waals surface area contributed by atoms with Gasteiger partial charge in [-0.15, -0.1) is 0 Å². The molecule has 1 saturated carbocycles. The Morgan fingerprint density at radius 3 is 2.74 bits per heavy atom. The Morgan fingerprint density at radius 2 is 2.05 bits per heavy atom. The van der Waals surface area contributed by atoms with Gasteiger partial charge in [0.2, 0.25) is 0 Å². The predicted molar refractivity (Wildman–Crippen MR) is 75.5 cm³/mol. The van der Waals surface area contributed by atoms with Gasteiger partial charge in [-0.1, -0.05) is 18.9 Å². The fourth-order valence-corrected chi connectivity index (χ4v) is 3.10. The molecule has 1 aromatic heterocycles. The summed E-state index contributed by atoms with van der Waals surface area (Å²) in [4.78, 5) is 11.0. The first-order valence-corrected chi connectivity index (χ1v) is 7.00. The fraction of sp³-hybridized carbons (Fsp3) is 0.438. The number of nitrogens with zero attached hydrogens (tertiary/aromatic N) is 1. The van der Waals surface area contributed by atoms with Gasteiger partial charge in [-0.25, -0.2) is 0 Å². The molecule has 1 heterocycles. The minimum Gasteiger partial charge on any atom is -0.481 e. The van der Waals surface area contributed by atoms with Crippen molar-refractivity contribution < 1.29 is 9.90 Å². The van der Waals surface area contributed by atoms with Crippen LogP contribution in [0.5, 0.6) is 0 Å². The lowest BCUT2D eigenvalue weighted by molar-refractivity contribution is -0.138. The summed E-state index contributed by atoms with van der Waals surface area (Å²) in [5.41, 5.74) is 2.11. The van der Waals surface area contributed by atoms with Crippen molar-refractivity contribution in [3.8, 4) is 0 Å². The van der Waals surface area contributed by atoms with E-state index in [0.717, 1.165) is 10.9 Å². The maximum atomic E-state index is 11.0. The second-order valence-electron chi connectivity index (χ2n) is 5.54. The van der Waals surface area contributed by atoms with Crippen molar-refractivity contribution in [3.05, 3.63) is 36.0 Å². The Balaban J connectivity index is 1.99. The molecule has 1 atom stereocenters. The first kappa shape index (κ1) is 12.3. The van der Waals surface area contributed by atoms with Gasteiger partial charge in [0, 0.05) is 17.8 Å². The maximum absolute atomic E-state index is 11.0. The lowest BCUT2D eigenvalue weighted by Gasteiger charge is -2.14. The molecule has 0 aliphatic heterocycles. The topological polar surface area (TPSA) is 42.2 Å². The van der Waals surface area contributed by atoms with Crippen molar-refractivity contribution in [2.45, 2.75) is 44.6 Å². The van der Waals surface area contributed by atoms with Crippen LogP contribution in [0.2, 0.25) is 0 Å². The van der Waals surface area contributed by atoms with E-state index in [0.29, 0.717) is 6.04 Å². The van der Waals surface area contributed by atoms with E-state index in [4.69, 9.17) is 5.11 Å². The molecule has 0 spiro atoms. The Kier molecular flexibility index (Phi) is 3.05. The average Bonchev–Trinajstić information content (AvgIpc) is 3.05. The molecule has 1 unspecified atom stereocenters. The number of aliphatic carboxylic acids is 1. The van der Waals surface area contributed by atoms with Gasteiger partial charge in [-0.3, -0.25) is 4.79 Å². The standard InChI is InChI=1S/C16H19NO2/c1-11(16(18)19)12-6-7-15-13(10-12)8-9-17(15)14-4-2-3-5-14/h6-11,14H,2-5H2,1H3,(H,18,19). The molecule has 0 radical (unpaired) electrons. The number of hydrogen-bond donors (Lipinski definition) is 1. The van der Waals surface area contributed by atoms with E-state index in [1.165, 1.54) is 31.2 Å². The minimum absolute atomic E-state index is 0.445. The van der Waals surface area contributed by atoms with E-state index in [-0.39, 0.29) is 0 Å². The van der Waals surface area contributed by atoms with E-state index >= 15 is 0 Å². The quantitative estimate of drug-likeness (QED) is 0.904. The van der Waals surface area contributed by atoms with E-state index < -0.39 is 11.9 Å². The summed E-state index contributed by atoms with van der Waals surface area (Å²) in [6.45, 7) is 1.73. The van der Waals surface area contributed by atoms with Gasteiger partial charge in [0.25, 0.3) is 0 Å². The molecule has 3 nitrogen and oxygen atoms in total. The van der Waals surface area contributed by atoms with Crippen LogP contribution in [0.3, 0.4) is 0 Å². The third-order valence-electron chi connectivity index (χ3n) is 4.33. The van der Waals surface area contributed by atoms with Crippen LogP contribution in [0.4, 0.5) is 0 Å². The van der Waals surface area contributed by atoms with Crippen molar-refractivity contribution in [3.63, 3.8) is 0 Å². The Bertz CT molecular complexity index is 608. The van der Waals surface area contributed by atoms with Gasteiger partial charge < -0.3 is 9.67 Å². The zero-order valence-corrected chi connectivity index (χ0v) is 11.2. The largest absolute Gasteiger partial charge is 0.481 e. The highest BCUT2D eigenvalue weighted by Gasteiger charge is 2.19. The van der Waals surface area contributed by atoms with Gasteiger partial charge in [-0.05, 0) is 48.9 Å². The normalized spacial score (nSPS) is 17.9. The molecule has 2 aromatic rings. The van der Waals surface area contributed by atoms with Gasteiger partial charge in [0.05, 0.1) is 5.92 Å². The van der Waals surface area contributed by atoms with E-state index in [1.807, 2.05) is 12.1 Å². The number of aromatic nitrogens is 1. The molecule has 19 heavy (non-hydrogen) atoms. The molecule has 1 aliphatic carbocycles. The fourth-order valence-electron chi connectivity index (χ4n) is 3.10. The lowest BCUT2D eigenvalue weighted by Crippen LogP contribution is -2.07. The van der Waals surface area contributed by atoms with E-state index in [9.17, 15) is 4.79 Å². The predicted octanol–water partition coefficient (Wildman–Crippen LogP) is 3.94. The molecular formula is C16H19NO2. The Morgan fingerprint density at radius 1 is 1.32 bits per heavy atom. The summed E-state index contributed by atoms with van der Waals surface area (Å²) in [7, 11) is 0. The summed E-state index contributed by atoms with van der Waals surface area (Å²) >= 11 is 0. The molecule has 3 rings (SSSR count). The third-order valence-corrected chi connectivity index (χ3v) is 4.33. The minimum atomic E-state index is -0.769. The number of carboxylic acid groups (broad SMARTS) is 1. The number of carboxylic acids is 1. The van der Waals surface area contributed by atoms with Crippen LogP contribution < -0.4 is 0 Å². The first-order chi connectivity index (χ1) is 9.16. The summed E-state index contributed by atoms with van der Waals surface area (Å²) < 4.78 is 2.36. The molecule has 1 aliphatic rings. The van der Waals surface area contributed by atoms with Crippen LogP contribution >= 0.6 is 0 Å². The lowest BCUT2D eigenvalue weighted by atomic mass is 10.00. The smallest absolute Gasteiger partial charge is 0.310 e. The van der Waals surface area contributed by atoms with Crippen molar-refractivity contribution in [2.75, 3.05) is 0 Å². The summed E-state index contributed by atoms with van der Waals surface area (Å²) in [5, 5.41) is 10.2. The van der Waals surface area contributed by atoms with Gasteiger partial charge >= 0.3 is 5.97 Å². The van der Waals surface area contributed by atoms with Crippen LogP contribution in [-0.2, 0) is 4.79 Å². The highest BCUT2D eigenvalue weighted by atomic mass is 16.4. The zero-order valence-electron chi connectivity index (χ0n) is 11.2.